The van der Waals surface area contributed by atoms with E-state index in [1.54, 1.807) is 42.5 Å². The van der Waals surface area contributed by atoms with Gasteiger partial charge in [-0.25, -0.2) is 9.18 Å². The van der Waals surface area contributed by atoms with Gasteiger partial charge in [0.2, 0.25) is 0 Å². The molecule has 122 valence electrons. The third kappa shape index (κ3) is 4.96. The highest BCUT2D eigenvalue weighted by Gasteiger charge is 2.23. The van der Waals surface area contributed by atoms with Gasteiger partial charge in [0.25, 0.3) is 5.91 Å². The van der Waals surface area contributed by atoms with Crippen LogP contribution in [0.3, 0.4) is 0 Å². The summed E-state index contributed by atoms with van der Waals surface area (Å²) >= 11 is 0. The lowest BCUT2D eigenvalue weighted by Crippen LogP contribution is -2.43. The Morgan fingerprint density at radius 2 is 1.79 bits per heavy atom. The maximum Gasteiger partial charge on any atom is 0.329 e. The number of rotatable bonds is 6. The summed E-state index contributed by atoms with van der Waals surface area (Å²) in [6, 6.07) is 13.3. The highest BCUT2D eigenvalue weighted by Crippen LogP contribution is 2.08. The predicted octanol–water partition coefficient (Wildman–Crippen LogP) is 2.34. The van der Waals surface area contributed by atoms with Crippen LogP contribution in [0.1, 0.15) is 15.9 Å². The second kappa shape index (κ2) is 8.49. The SMILES string of the molecule is C#CCOC(=O)[C@@H](Cc1ccc(F)cc1)NC(=O)c1ccccc1. The van der Waals surface area contributed by atoms with Gasteiger partial charge in [0.15, 0.2) is 6.61 Å². The van der Waals surface area contributed by atoms with E-state index < -0.39 is 17.9 Å². The van der Waals surface area contributed by atoms with E-state index in [1.165, 1.54) is 12.1 Å². The Morgan fingerprint density at radius 3 is 2.42 bits per heavy atom. The number of carbonyl (C=O) groups is 2. The Morgan fingerprint density at radius 1 is 1.12 bits per heavy atom. The Labute approximate surface area is 139 Å². The summed E-state index contributed by atoms with van der Waals surface area (Å²) in [5.41, 5.74) is 1.11. The normalized spacial score (nSPS) is 11.2. The summed E-state index contributed by atoms with van der Waals surface area (Å²) in [7, 11) is 0. The van der Waals surface area contributed by atoms with Crippen molar-refractivity contribution in [1.29, 1.82) is 0 Å². The molecule has 0 radical (unpaired) electrons. The second-order valence-corrected chi connectivity index (χ2v) is 5.03. The molecule has 2 aromatic rings. The Kier molecular flexibility index (Phi) is 6.09. The van der Waals surface area contributed by atoms with Crippen LogP contribution in [0.2, 0.25) is 0 Å². The fraction of sp³-hybridized carbons (Fsp3) is 0.158. The van der Waals surface area contributed by atoms with Gasteiger partial charge in [-0.2, -0.15) is 0 Å². The summed E-state index contributed by atoms with van der Waals surface area (Å²) in [4.78, 5) is 24.4. The molecule has 4 nitrogen and oxygen atoms in total. The predicted molar refractivity (Wildman–Crippen MR) is 87.6 cm³/mol. The molecule has 0 aliphatic heterocycles. The van der Waals surface area contributed by atoms with Crippen molar-refractivity contribution in [3.8, 4) is 12.3 Å². The first-order valence-electron chi connectivity index (χ1n) is 7.30. The van der Waals surface area contributed by atoms with E-state index >= 15 is 0 Å². The molecule has 0 saturated heterocycles. The van der Waals surface area contributed by atoms with E-state index in [0.29, 0.717) is 11.1 Å². The van der Waals surface area contributed by atoms with E-state index in [1.807, 2.05) is 0 Å². The molecule has 1 amide bonds. The van der Waals surface area contributed by atoms with Crippen LogP contribution in [0.15, 0.2) is 54.6 Å². The maximum atomic E-state index is 13.0. The first kappa shape index (κ1) is 17.2. The fourth-order valence-electron chi connectivity index (χ4n) is 2.09. The highest BCUT2D eigenvalue weighted by atomic mass is 19.1. The van der Waals surface area contributed by atoms with Crippen LogP contribution < -0.4 is 5.32 Å². The summed E-state index contributed by atoms with van der Waals surface area (Å²) in [5, 5.41) is 2.63. The average molecular weight is 325 g/mol. The van der Waals surface area contributed by atoms with Crippen LogP contribution in [0.25, 0.3) is 0 Å². The fourth-order valence-corrected chi connectivity index (χ4v) is 2.09. The van der Waals surface area contributed by atoms with Gasteiger partial charge in [0.1, 0.15) is 11.9 Å². The Balaban J connectivity index is 2.13. The minimum Gasteiger partial charge on any atom is -0.451 e. The van der Waals surface area contributed by atoms with Gasteiger partial charge >= 0.3 is 5.97 Å². The van der Waals surface area contributed by atoms with Crippen LogP contribution in [0.5, 0.6) is 0 Å². The molecule has 0 spiro atoms. The van der Waals surface area contributed by atoms with Gasteiger partial charge < -0.3 is 10.1 Å². The molecule has 0 aliphatic carbocycles. The molecular formula is C19H16FNO3. The molecule has 0 saturated carbocycles. The number of hydrogen-bond donors (Lipinski definition) is 1. The average Bonchev–Trinajstić information content (AvgIpc) is 2.61. The number of terminal acetylenes is 1. The van der Waals surface area contributed by atoms with Crippen LogP contribution >= 0.6 is 0 Å². The van der Waals surface area contributed by atoms with E-state index in [4.69, 9.17) is 11.2 Å². The number of nitrogens with one attached hydrogen (secondary N) is 1. The molecule has 0 heterocycles. The molecule has 1 N–H and O–H groups in total. The van der Waals surface area contributed by atoms with Crippen LogP contribution in [-0.4, -0.2) is 24.5 Å². The van der Waals surface area contributed by atoms with Crippen molar-refractivity contribution in [3.05, 3.63) is 71.5 Å². The van der Waals surface area contributed by atoms with Crippen molar-refractivity contribution in [1.82, 2.24) is 5.32 Å². The highest BCUT2D eigenvalue weighted by molar-refractivity contribution is 5.96. The molecule has 0 unspecified atom stereocenters. The zero-order valence-electron chi connectivity index (χ0n) is 12.9. The second-order valence-electron chi connectivity index (χ2n) is 5.03. The van der Waals surface area contributed by atoms with Crippen LogP contribution in [0.4, 0.5) is 4.39 Å². The maximum absolute atomic E-state index is 13.0. The lowest BCUT2D eigenvalue weighted by atomic mass is 10.1. The summed E-state index contributed by atoms with van der Waals surface area (Å²) in [6.07, 6.45) is 5.25. The van der Waals surface area contributed by atoms with Gasteiger partial charge in [-0.3, -0.25) is 4.79 Å². The zero-order valence-corrected chi connectivity index (χ0v) is 12.9. The standard InChI is InChI=1S/C19H16FNO3/c1-2-12-24-19(23)17(13-14-8-10-16(20)11-9-14)21-18(22)15-6-4-3-5-7-15/h1,3-11,17H,12-13H2,(H,21,22)/t17-/m1/s1. The molecule has 0 fully saturated rings. The van der Waals surface area contributed by atoms with Crippen molar-refractivity contribution < 1.29 is 18.7 Å². The quantitative estimate of drug-likeness (QED) is 0.655. The molecule has 2 rings (SSSR count). The number of amides is 1. The van der Waals surface area contributed by atoms with Crippen LogP contribution in [-0.2, 0) is 16.0 Å². The van der Waals surface area contributed by atoms with Crippen LogP contribution in [0, 0.1) is 18.2 Å². The lowest BCUT2D eigenvalue weighted by molar-refractivity contribution is -0.144. The molecule has 0 bridgehead atoms. The summed E-state index contributed by atoms with van der Waals surface area (Å²) < 4.78 is 17.9. The van der Waals surface area contributed by atoms with Gasteiger partial charge in [0, 0.05) is 12.0 Å². The van der Waals surface area contributed by atoms with E-state index in [0.717, 1.165) is 0 Å². The van der Waals surface area contributed by atoms with Gasteiger partial charge in [0.05, 0.1) is 0 Å². The lowest BCUT2D eigenvalue weighted by Gasteiger charge is -2.17. The van der Waals surface area contributed by atoms with Crippen molar-refractivity contribution >= 4 is 11.9 Å². The van der Waals surface area contributed by atoms with Gasteiger partial charge in [-0.15, -0.1) is 6.42 Å². The molecule has 2 aromatic carbocycles. The minimum atomic E-state index is -0.920. The first-order valence-corrected chi connectivity index (χ1v) is 7.30. The number of benzene rings is 2. The number of esters is 1. The topological polar surface area (TPSA) is 55.4 Å². The monoisotopic (exact) mass is 325 g/mol. The summed E-state index contributed by atoms with van der Waals surface area (Å²) in [6.45, 7) is -0.181. The Hall–Kier alpha value is -3.13. The Bertz CT molecular complexity index is 735. The number of hydrogen-bond acceptors (Lipinski definition) is 3. The van der Waals surface area contributed by atoms with Gasteiger partial charge in [-0.05, 0) is 29.8 Å². The van der Waals surface area contributed by atoms with E-state index in [2.05, 4.69) is 11.2 Å². The number of halogens is 1. The molecule has 1 atom stereocenters. The minimum absolute atomic E-state index is 0.169. The molecule has 5 heteroatoms. The van der Waals surface area contributed by atoms with Crippen molar-refractivity contribution in [2.24, 2.45) is 0 Å². The smallest absolute Gasteiger partial charge is 0.329 e. The molecular weight excluding hydrogens is 309 g/mol. The molecule has 0 aliphatic rings. The number of carbonyl (C=O) groups excluding carboxylic acids is 2. The van der Waals surface area contributed by atoms with E-state index in [-0.39, 0.29) is 18.8 Å². The molecule has 0 aromatic heterocycles. The first-order chi connectivity index (χ1) is 11.6. The van der Waals surface area contributed by atoms with Crippen molar-refractivity contribution in [2.45, 2.75) is 12.5 Å². The third-order valence-corrected chi connectivity index (χ3v) is 3.28. The third-order valence-electron chi connectivity index (χ3n) is 3.28. The van der Waals surface area contributed by atoms with Gasteiger partial charge in [-0.1, -0.05) is 36.3 Å². The molecule has 24 heavy (non-hydrogen) atoms. The summed E-state index contributed by atoms with van der Waals surface area (Å²) in [5.74, 6) is 0.788. The van der Waals surface area contributed by atoms with Crippen molar-refractivity contribution in [3.63, 3.8) is 0 Å². The largest absolute Gasteiger partial charge is 0.451 e. The van der Waals surface area contributed by atoms with E-state index in [9.17, 15) is 14.0 Å². The zero-order chi connectivity index (χ0) is 17.4. The number of ether oxygens (including phenoxy) is 1. The van der Waals surface area contributed by atoms with Crippen molar-refractivity contribution in [2.75, 3.05) is 6.61 Å².